The largest absolute Gasteiger partial charge is 0.463 e. The molecule has 0 unspecified atom stereocenters. The van der Waals surface area contributed by atoms with Gasteiger partial charge in [-0.1, -0.05) is 17.7 Å². The normalized spacial score (nSPS) is 20.8. The highest BCUT2D eigenvalue weighted by molar-refractivity contribution is 7.11. The van der Waals surface area contributed by atoms with Crippen LogP contribution in [0.4, 0.5) is 4.39 Å². The number of aromatic nitrogens is 1. The van der Waals surface area contributed by atoms with Gasteiger partial charge in [-0.05, 0) is 19.1 Å². The summed E-state index contributed by atoms with van der Waals surface area (Å²) in [5.74, 6) is -1.49. The van der Waals surface area contributed by atoms with Crippen molar-refractivity contribution in [1.29, 1.82) is 0 Å². The SMILES string of the molecule is CCOC(=O)C1=C2C[C@H](C(N)=O)CN2C(c2nccs2)=N[C@H]1c1ccc(F)cc1Cl. The first-order valence-corrected chi connectivity index (χ1v) is 10.6. The number of aliphatic imine (C=N–C) groups is 1. The number of benzene rings is 1. The summed E-state index contributed by atoms with van der Waals surface area (Å²) in [7, 11) is 0. The van der Waals surface area contributed by atoms with Gasteiger partial charge in [0.2, 0.25) is 5.91 Å². The van der Waals surface area contributed by atoms with Gasteiger partial charge in [0.25, 0.3) is 0 Å². The zero-order chi connectivity index (χ0) is 21.4. The second-order valence-electron chi connectivity index (χ2n) is 6.85. The number of amides is 1. The van der Waals surface area contributed by atoms with Crippen molar-refractivity contribution in [2.24, 2.45) is 16.6 Å². The highest BCUT2D eigenvalue weighted by Crippen LogP contribution is 2.43. The van der Waals surface area contributed by atoms with Crippen LogP contribution in [-0.2, 0) is 14.3 Å². The van der Waals surface area contributed by atoms with E-state index >= 15 is 0 Å². The monoisotopic (exact) mass is 448 g/mol. The van der Waals surface area contributed by atoms with E-state index in [1.807, 2.05) is 5.38 Å². The molecule has 2 aliphatic rings. The molecule has 2 aromatic rings. The molecule has 4 rings (SSSR count). The van der Waals surface area contributed by atoms with E-state index in [2.05, 4.69) is 4.98 Å². The van der Waals surface area contributed by atoms with Crippen molar-refractivity contribution in [2.45, 2.75) is 19.4 Å². The second kappa shape index (κ2) is 8.16. The molecule has 0 spiro atoms. The Hall–Kier alpha value is -2.78. The van der Waals surface area contributed by atoms with E-state index in [4.69, 9.17) is 27.1 Å². The van der Waals surface area contributed by atoms with Crippen LogP contribution >= 0.6 is 22.9 Å². The lowest BCUT2D eigenvalue weighted by Crippen LogP contribution is -2.36. The van der Waals surface area contributed by atoms with E-state index < -0.39 is 29.7 Å². The van der Waals surface area contributed by atoms with Crippen molar-refractivity contribution in [2.75, 3.05) is 13.2 Å². The molecule has 0 radical (unpaired) electrons. The van der Waals surface area contributed by atoms with Gasteiger partial charge in [0.05, 0.1) is 18.1 Å². The molecule has 1 saturated heterocycles. The zero-order valence-corrected chi connectivity index (χ0v) is 17.5. The number of nitrogens with zero attached hydrogens (tertiary/aromatic N) is 3. The van der Waals surface area contributed by atoms with Crippen LogP contribution in [0.25, 0.3) is 0 Å². The third-order valence-electron chi connectivity index (χ3n) is 5.04. The number of nitrogens with two attached hydrogens (primary N) is 1. The van der Waals surface area contributed by atoms with E-state index in [-0.39, 0.29) is 30.2 Å². The predicted octanol–water partition coefficient (Wildman–Crippen LogP) is 3.06. The summed E-state index contributed by atoms with van der Waals surface area (Å²) < 4.78 is 18.9. The van der Waals surface area contributed by atoms with Crippen LogP contribution in [0.1, 0.15) is 30.0 Å². The fourth-order valence-corrected chi connectivity index (χ4v) is 4.62. The lowest BCUT2D eigenvalue weighted by molar-refractivity contribution is -0.139. The molecule has 30 heavy (non-hydrogen) atoms. The van der Waals surface area contributed by atoms with Crippen LogP contribution in [0.5, 0.6) is 0 Å². The Balaban J connectivity index is 1.92. The standard InChI is InChI=1S/C20H18ClFN4O3S/c1-2-29-20(28)15-14-7-10(17(23)27)9-26(14)18(19-24-5-6-30-19)25-16(15)12-4-3-11(22)8-13(12)21/h3-6,8,10,16H,2,7,9H2,1H3,(H2,23,27)/t10-,16-/m0/s1. The Labute approximate surface area is 181 Å². The Morgan fingerprint density at radius 1 is 1.43 bits per heavy atom. The van der Waals surface area contributed by atoms with Crippen molar-refractivity contribution in [3.63, 3.8) is 0 Å². The molecule has 2 N–H and O–H groups in total. The summed E-state index contributed by atoms with van der Waals surface area (Å²) in [6, 6.07) is 3.12. The summed E-state index contributed by atoms with van der Waals surface area (Å²) in [4.78, 5) is 35.8. The van der Waals surface area contributed by atoms with Crippen LogP contribution in [0.3, 0.4) is 0 Å². The number of hydrogen-bond donors (Lipinski definition) is 1. The lowest BCUT2D eigenvalue weighted by Gasteiger charge is -2.31. The number of carbonyl (C=O) groups excluding carboxylic acids is 2. The molecule has 1 aromatic heterocycles. The molecular weight excluding hydrogens is 431 g/mol. The minimum absolute atomic E-state index is 0.141. The zero-order valence-electron chi connectivity index (χ0n) is 16.0. The van der Waals surface area contributed by atoms with Gasteiger partial charge in [-0.25, -0.2) is 14.2 Å². The van der Waals surface area contributed by atoms with Gasteiger partial charge in [-0.15, -0.1) is 11.3 Å². The number of carbonyl (C=O) groups is 2. The lowest BCUT2D eigenvalue weighted by atomic mass is 9.93. The number of fused-ring (bicyclic) bond motifs is 1. The van der Waals surface area contributed by atoms with E-state index in [0.717, 1.165) is 0 Å². The number of halogens is 2. The molecule has 0 saturated carbocycles. The molecule has 156 valence electrons. The van der Waals surface area contributed by atoms with Crippen molar-refractivity contribution < 1.29 is 18.7 Å². The average Bonchev–Trinajstić information content (AvgIpc) is 3.37. The summed E-state index contributed by atoms with van der Waals surface area (Å²) in [5, 5.41) is 2.58. The quantitative estimate of drug-likeness (QED) is 0.709. The first-order chi connectivity index (χ1) is 14.4. The molecule has 0 bridgehead atoms. The Bertz CT molecular complexity index is 1070. The van der Waals surface area contributed by atoms with Gasteiger partial charge in [-0.3, -0.25) is 9.79 Å². The first kappa shape index (κ1) is 20.5. The fraction of sp³-hybridized carbons (Fsp3) is 0.300. The minimum atomic E-state index is -0.825. The highest BCUT2D eigenvalue weighted by Gasteiger charge is 2.43. The van der Waals surface area contributed by atoms with Gasteiger partial charge in [-0.2, -0.15) is 0 Å². The number of esters is 1. The number of thiazole rings is 1. The highest BCUT2D eigenvalue weighted by atomic mass is 35.5. The molecule has 10 heteroatoms. The third kappa shape index (κ3) is 3.59. The van der Waals surface area contributed by atoms with Crippen LogP contribution in [0, 0.1) is 11.7 Å². The molecule has 1 amide bonds. The van der Waals surface area contributed by atoms with E-state index in [9.17, 15) is 14.0 Å². The summed E-state index contributed by atoms with van der Waals surface area (Å²) >= 11 is 7.70. The number of allylic oxidation sites excluding steroid dienone is 1. The fourth-order valence-electron chi connectivity index (χ4n) is 3.70. The number of rotatable bonds is 5. The molecule has 1 fully saturated rings. The van der Waals surface area contributed by atoms with E-state index in [1.165, 1.54) is 29.5 Å². The molecule has 3 heterocycles. The van der Waals surface area contributed by atoms with Gasteiger partial charge < -0.3 is 15.4 Å². The topological polar surface area (TPSA) is 97.9 Å². The Kier molecular flexibility index (Phi) is 5.57. The van der Waals surface area contributed by atoms with Gasteiger partial charge in [0, 0.05) is 40.8 Å². The Morgan fingerprint density at radius 2 is 2.23 bits per heavy atom. The maximum Gasteiger partial charge on any atom is 0.338 e. The summed E-state index contributed by atoms with van der Waals surface area (Å²) in [5.41, 5.74) is 6.90. The second-order valence-corrected chi connectivity index (χ2v) is 8.15. The number of ether oxygens (including phenoxy) is 1. The molecule has 0 aliphatic carbocycles. The predicted molar refractivity (Wildman–Crippen MR) is 110 cm³/mol. The Morgan fingerprint density at radius 3 is 2.87 bits per heavy atom. The van der Waals surface area contributed by atoms with Gasteiger partial charge in [0.15, 0.2) is 10.8 Å². The van der Waals surface area contributed by atoms with E-state index in [1.54, 1.807) is 18.0 Å². The maximum atomic E-state index is 13.7. The average molecular weight is 449 g/mol. The number of amidine groups is 1. The number of hydrogen-bond acceptors (Lipinski definition) is 7. The van der Waals surface area contributed by atoms with Crippen LogP contribution < -0.4 is 5.73 Å². The first-order valence-electron chi connectivity index (χ1n) is 9.30. The van der Waals surface area contributed by atoms with Crippen molar-refractivity contribution >= 4 is 40.6 Å². The van der Waals surface area contributed by atoms with E-state index in [0.29, 0.717) is 22.1 Å². The van der Waals surface area contributed by atoms with Crippen molar-refractivity contribution in [3.8, 4) is 0 Å². The van der Waals surface area contributed by atoms with Crippen LogP contribution in [0.15, 0.2) is 46.0 Å². The molecule has 2 aliphatic heterocycles. The molecule has 2 atom stereocenters. The van der Waals surface area contributed by atoms with Crippen LogP contribution in [-0.4, -0.2) is 40.7 Å². The van der Waals surface area contributed by atoms with Crippen molar-refractivity contribution in [1.82, 2.24) is 9.88 Å². The molecular formula is C20H18ClFN4O3S. The minimum Gasteiger partial charge on any atom is -0.463 e. The van der Waals surface area contributed by atoms with Gasteiger partial charge in [0.1, 0.15) is 11.9 Å². The van der Waals surface area contributed by atoms with Crippen molar-refractivity contribution in [3.05, 3.63) is 62.5 Å². The molecule has 7 nitrogen and oxygen atoms in total. The third-order valence-corrected chi connectivity index (χ3v) is 6.13. The summed E-state index contributed by atoms with van der Waals surface area (Å²) in [6.45, 7) is 2.16. The smallest absolute Gasteiger partial charge is 0.338 e. The molecule has 1 aromatic carbocycles. The number of primary amides is 1. The summed E-state index contributed by atoms with van der Waals surface area (Å²) in [6.07, 6.45) is 1.91. The van der Waals surface area contributed by atoms with Crippen LogP contribution in [0.2, 0.25) is 5.02 Å². The van der Waals surface area contributed by atoms with Gasteiger partial charge >= 0.3 is 5.97 Å². The maximum absolute atomic E-state index is 13.7.